The van der Waals surface area contributed by atoms with Gasteiger partial charge in [-0.2, -0.15) is 5.10 Å². The van der Waals surface area contributed by atoms with E-state index in [2.05, 4.69) is 24.0 Å². The third-order valence-corrected chi connectivity index (χ3v) is 5.34. The molecule has 0 unspecified atom stereocenters. The number of hydrogen-bond acceptors (Lipinski definition) is 4. The molecule has 2 aromatic carbocycles. The number of aryl methyl sites for hydroxylation is 1. The zero-order valence-corrected chi connectivity index (χ0v) is 18.1. The lowest BCUT2D eigenvalue weighted by molar-refractivity contribution is 0.0697. The van der Waals surface area contributed by atoms with Crippen LogP contribution in [-0.2, 0) is 19.4 Å². The largest absolute Gasteiger partial charge is 0.478 e. The van der Waals surface area contributed by atoms with E-state index in [1.165, 1.54) is 5.56 Å². The van der Waals surface area contributed by atoms with Gasteiger partial charge in [-0.3, -0.25) is 4.98 Å². The van der Waals surface area contributed by atoms with Gasteiger partial charge in [0.05, 0.1) is 17.8 Å². The van der Waals surface area contributed by atoms with Crippen LogP contribution < -0.4 is 0 Å². The molecule has 2 heterocycles. The molecule has 2 aromatic heterocycles. The Kier molecular flexibility index (Phi) is 6.70. The summed E-state index contributed by atoms with van der Waals surface area (Å²) in [5.41, 5.74) is 3.68. The molecule has 0 fully saturated rings. The highest BCUT2D eigenvalue weighted by atomic mass is 16.4. The van der Waals surface area contributed by atoms with Crippen LogP contribution in [0.15, 0.2) is 72.9 Å². The van der Waals surface area contributed by atoms with Crippen molar-refractivity contribution in [1.82, 2.24) is 19.7 Å². The van der Waals surface area contributed by atoms with Crippen molar-refractivity contribution in [3.8, 4) is 11.3 Å². The molecule has 0 bridgehead atoms. The number of carboxylic acid groups (broad SMARTS) is 1. The summed E-state index contributed by atoms with van der Waals surface area (Å²) in [7, 11) is 0. The van der Waals surface area contributed by atoms with Crippen LogP contribution in [0.3, 0.4) is 0 Å². The third-order valence-electron chi connectivity index (χ3n) is 5.34. The van der Waals surface area contributed by atoms with Gasteiger partial charge in [0.25, 0.3) is 0 Å². The van der Waals surface area contributed by atoms with Gasteiger partial charge < -0.3 is 5.11 Å². The Hall–Kier alpha value is -3.80. The Morgan fingerprint density at radius 3 is 2.47 bits per heavy atom. The molecule has 0 aliphatic carbocycles. The average Bonchev–Trinajstić information content (AvgIpc) is 3.19. The average molecular weight is 427 g/mol. The zero-order chi connectivity index (χ0) is 22.3. The van der Waals surface area contributed by atoms with Crippen LogP contribution in [0.4, 0.5) is 0 Å². The first-order chi connectivity index (χ1) is 15.6. The number of aromatic nitrogens is 4. The Morgan fingerprint density at radius 1 is 0.969 bits per heavy atom. The Bertz CT molecular complexity index is 1180. The highest BCUT2D eigenvalue weighted by Gasteiger charge is 2.13. The highest BCUT2D eigenvalue weighted by molar-refractivity contribution is 5.95. The minimum atomic E-state index is -0.958. The monoisotopic (exact) mass is 426 g/mol. The van der Waals surface area contributed by atoms with Crippen molar-refractivity contribution in [3.05, 3.63) is 101 Å². The van der Waals surface area contributed by atoms with Crippen LogP contribution >= 0.6 is 0 Å². The molecular weight excluding hydrogens is 400 g/mol. The van der Waals surface area contributed by atoms with Crippen molar-refractivity contribution in [2.24, 2.45) is 0 Å². The van der Waals surface area contributed by atoms with Crippen LogP contribution in [0.25, 0.3) is 11.3 Å². The van der Waals surface area contributed by atoms with Crippen molar-refractivity contribution in [2.75, 3.05) is 0 Å². The molecule has 0 radical (unpaired) electrons. The summed E-state index contributed by atoms with van der Waals surface area (Å²) in [5, 5.41) is 14.2. The van der Waals surface area contributed by atoms with Crippen molar-refractivity contribution in [1.29, 1.82) is 0 Å². The van der Waals surface area contributed by atoms with E-state index in [9.17, 15) is 9.90 Å². The molecule has 6 heteroatoms. The molecule has 0 atom stereocenters. The first-order valence-electron chi connectivity index (χ1n) is 10.9. The third kappa shape index (κ3) is 5.09. The number of benzene rings is 2. The van der Waals surface area contributed by atoms with Gasteiger partial charge in [-0.05, 0) is 29.7 Å². The summed E-state index contributed by atoms with van der Waals surface area (Å²) in [6, 6.07) is 21.0. The number of rotatable bonds is 9. The Morgan fingerprint density at radius 2 is 1.75 bits per heavy atom. The van der Waals surface area contributed by atoms with E-state index in [1.807, 2.05) is 41.1 Å². The topological polar surface area (TPSA) is 80.9 Å². The second kappa shape index (κ2) is 10.0. The summed E-state index contributed by atoms with van der Waals surface area (Å²) in [4.78, 5) is 20.8. The van der Waals surface area contributed by atoms with Gasteiger partial charge >= 0.3 is 5.97 Å². The second-order valence-electron chi connectivity index (χ2n) is 7.77. The number of pyridine rings is 1. The second-order valence-corrected chi connectivity index (χ2v) is 7.77. The predicted molar refractivity (Wildman–Crippen MR) is 124 cm³/mol. The molecular formula is C26H26N4O2. The first kappa shape index (κ1) is 21.4. The summed E-state index contributed by atoms with van der Waals surface area (Å²) in [5.74, 6) is 0.848. The maximum absolute atomic E-state index is 11.5. The lowest BCUT2D eigenvalue weighted by Crippen LogP contribution is -2.08. The zero-order valence-electron chi connectivity index (χ0n) is 18.1. The first-order valence-corrected chi connectivity index (χ1v) is 10.9. The predicted octanol–water partition coefficient (Wildman–Crippen LogP) is 5.02. The fourth-order valence-corrected chi connectivity index (χ4v) is 3.67. The van der Waals surface area contributed by atoms with Gasteiger partial charge in [-0.15, -0.1) is 0 Å². The molecule has 0 aliphatic heterocycles. The fourth-order valence-electron chi connectivity index (χ4n) is 3.67. The number of nitrogens with zero attached hydrogens (tertiary/aromatic N) is 4. The molecule has 4 aromatic rings. The summed E-state index contributed by atoms with van der Waals surface area (Å²) < 4.78 is 1.97. The fraction of sp³-hybridized carbons (Fsp3) is 0.231. The van der Waals surface area contributed by atoms with E-state index >= 15 is 0 Å². The van der Waals surface area contributed by atoms with Crippen molar-refractivity contribution < 1.29 is 9.90 Å². The molecule has 162 valence electrons. The van der Waals surface area contributed by atoms with Crippen LogP contribution in [0.2, 0.25) is 0 Å². The van der Waals surface area contributed by atoms with Gasteiger partial charge in [-0.1, -0.05) is 67.9 Å². The SMILES string of the molecule is CCCCc1nc(Cc2ccccc2)nn1Cc1ccc(-c2ccccc2C(=O)O)nc1. The molecule has 32 heavy (non-hydrogen) atoms. The van der Waals surface area contributed by atoms with E-state index in [4.69, 9.17) is 10.1 Å². The van der Waals surface area contributed by atoms with Crippen LogP contribution in [0.5, 0.6) is 0 Å². The molecule has 4 rings (SSSR count). The van der Waals surface area contributed by atoms with E-state index < -0.39 is 5.97 Å². The van der Waals surface area contributed by atoms with Crippen molar-refractivity contribution in [3.63, 3.8) is 0 Å². The highest BCUT2D eigenvalue weighted by Crippen LogP contribution is 2.22. The van der Waals surface area contributed by atoms with E-state index in [0.29, 0.717) is 24.2 Å². The Balaban J connectivity index is 1.56. The van der Waals surface area contributed by atoms with Crippen LogP contribution in [0, 0.1) is 0 Å². The standard InChI is InChI=1S/C26H26N4O2/c1-2-3-13-25-28-24(16-19-9-5-4-6-10-19)29-30(25)18-20-14-15-23(27-17-20)21-11-7-8-12-22(21)26(31)32/h4-12,14-15,17H,2-3,13,16,18H2,1H3,(H,31,32). The minimum absolute atomic E-state index is 0.247. The quantitative estimate of drug-likeness (QED) is 0.406. The minimum Gasteiger partial charge on any atom is -0.478 e. The molecule has 0 aliphatic rings. The van der Waals surface area contributed by atoms with Gasteiger partial charge in [0.15, 0.2) is 5.82 Å². The maximum Gasteiger partial charge on any atom is 0.336 e. The summed E-state index contributed by atoms with van der Waals surface area (Å²) >= 11 is 0. The smallest absolute Gasteiger partial charge is 0.336 e. The number of carbonyl (C=O) groups is 1. The van der Waals surface area contributed by atoms with E-state index in [1.54, 1.807) is 24.4 Å². The lowest BCUT2D eigenvalue weighted by atomic mass is 10.0. The molecule has 6 nitrogen and oxygen atoms in total. The number of hydrogen-bond donors (Lipinski definition) is 1. The molecule has 0 saturated carbocycles. The number of unbranched alkanes of at least 4 members (excludes halogenated alkanes) is 1. The Labute approximate surface area is 187 Å². The van der Waals surface area contributed by atoms with Gasteiger partial charge in [-0.25, -0.2) is 14.5 Å². The lowest BCUT2D eigenvalue weighted by Gasteiger charge is -2.08. The van der Waals surface area contributed by atoms with Crippen LogP contribution in [-0.4, -0.2) is 30.8 Å². The molecule has 0 saturated heterocycles. The van der Waals surface area contributed by atoms with E-state index in [-0.39, 0.29) is 5.56 Å². The van der Waals surface area contributed by atoms with Crippen molar-refractivity contribution >= 4 is 5.97 Å². The number of aromatic carboxylic acids is 1. The summed E-state index contributed by atoms with van der Waals surface area (Å²) in [6.45, 7) is 2.75. The van der Waals surface area contributed by atoms with Gasteiger partial charge in [0.2, 0.25) is 0 Å². The van der Waals surface area contributed by atoms with Gasteiger partial charge in [0, 0.05) is 24.6 Å². The van der Waals surface area contributed by atoms with Crippen molar-refractivity contribution in [2.45, 2.75) is 39.2 Å². The molecule has 0 spiro atoms. The van der Waals surface area contributed by atoms with Crippen LogP contribution in [0.1, 0.15) is 52.9 Å². The molecule has 0 amide bonds. The van der Waals surface area contributed by atoms with E-state index in [0.717, 1.165) is 36.5 Å². The van der Waals surface area contributed by atoms with Gasteiger partial charge in [0.1, 0.15) is 5.82 Å². The number of carboxylic acids is 1. The molecule has 1 N–H and O–H groups in total. The maximum atomic E-state index is 11.5. The summed E-state index contributed by atoms with van der Waals surface area (Å²) in [6.07, 6.45) is 5.54. The normalized spacial score (nSPS) is 10.9.